The summed E-state index contributed by atoms with van der Waals surface area (Å²) in [5, 5.41) is 3.51. The molecule has 2 aliphatic rings. The van der Waals surface area contributed by atoms with E-state index in [0.29, 0.717) is 12.5 Å². The highest BCUT2D eigenvalue weighted by molar-refractivity contribution is 14.0. The summed E-state index contributed by atoms with van der Waals surface area (Å²) in [6.07, 6.45) is 3.46. The minimum atomic E-state index is -0.236. The van der Waals surface area contributed by atoms with Gasteiger partial charge in [0, 0.05) is 38.6 Å². The van der Waals surface area contributed by atoms with Crippen LogP contribution in [0, 0.1) is 11.7 Å². The quantitative estimate of drug-likeness (QED) is 0.339. The van der Waals surface area contributed by atoms with Crippen LogP contribution in [0.3, 0.4) is 0 Å². The van der Waals surface area contributed by atoms with Gasteiger partial charge in [-0.15, -0.1) is 24.0 Å². The molecule has 1 aromatic heterocycles. The van der Waals surface area contributed by atoms with E-state index in [9.17, 15) is 4.39 Å². The van der Waals surface area contributed by atoms with Crippen LogP contribution in [0.15, 0.2) is 52.1 Å². The Morgan fingerprint density at radius 1 is 1.23 bits per heavy atom. The first-order valence-corrected chi connectivity index (χ1v) is 10.7. The maximum absolute atomic E-state index is 13.3. The van der Waals surface area contributed by atoms with Gasteiger partial charge >= 0.3 is 0 Å². The lowest BCUT2D eigenvalue weighted by Gasteiger charge is -2.39. The third-order valence-corrected chi connectivity index (χ3v) is 5.56. The molecule has 3 unspecified atom stereocenters. The van der Waals surface area contributed by atoms with E-state index in [0.717, 1.165) is 63.0 Å². The van der Waals surface area contributed by atoms with Crippen molar-refractivity contribution in [2.75, 3.05) is 39.4 Å². The average molecular weight is 543 g/mol. The molecule has 170 valence electrons. The van der Waals surface area contributed by atoms with Gasteiger partial charge in [-0.05, 0) is 43.2 Å². The van der Waals surface area contributed by atoms with Gasteiger partial charge in [0.2, 0.25) is 0 Å². The first-order chi connectivity index (χ1) is 14.7. The molecule has 1 N–H and O–H groups in total. The molecule has 2 saturated heterocycles. The van der Waals surface area contributed by atoms with E-state index in [4.69, 9.17) is 18.9 Å². The number of hydrogen-bond donors (Lipinski definition) is 1. The van der Waals surface area contributed by atoms with E-state index < -0.39 is 0 Å². The molecule has 0 spiro atoms. The number of rotatable bonds is 6. The van der Waals surface area contributed by atoms with E-state index >= 15 is 0 Å². The molecule has 0 radical (unpaired) electrons. The van der Waals surface area contributed by atoms with Crippen LogP contribution in [0.4, 0.5) is 4.39 Å². The van der Waals surface area contributed by atoms with Crippen LogP contribution < -0.4 is 5.32 Å². The maximum atomic E-state index is 13.3. The molecular weight excluding hydrogens is 512 g/mol. The number of furan rings is 1. The average Bonchev–Trinajstić information content (AvgIpc) is 3.45. The third kappa shape index (κ3) is 6.92. The fraction of sp³-hybridized carbons (Fsp3) is 0.522. The summed E-state index contributed by atoms with van der Waals surface area (Å²) in [4.78, 5) is 7.18. The zero-order valence-electron chi connectivity index (χ0n) is 17.8. The van der Waals surface area contributed by atoms with Crippen molar-refractivity contribution in [3.8, 4) is 0 Å². The Bertz CT molecular complexity index is 810. The Kier molecular flexibility index (Phi) is 9.15. The predicted octanol–water partition coefficient (Wildman–Crippen LogP) is 4.02. The van der Waals surface area contributed by atoms with E-state index in [2.05, 4.69) is 17.1 Å². The van der Waals surface area contributed by atoms with Crippen LogP contribution in [-0.2, 0) is 15.9 Å². The second-order valence-corrected chi connectivity index (χ2v) is 8.04. The molecule has 0 amide bonds. The van der Waals surface area contributed by atoms with Crippen LogP contribution in [0.2, 0.25) is 0 Å². The molecule has 2 fully saturated rings. The van der Waals surface area contributed by atoms with Crippen molar-refractivity contribution in [1.82, 2.24) is 10.2 Å². The normalized spacial score (nSPS) is 24.1. The van der Waals surface area contributed by atoms with Crippen molar-refractivity contribution in [2.45, 2.75) is 32.0 Å². The smallest absolute Gasteiger partial charge is 0.194 e. The zero-order chi connectivity index (χ0) is 20.8. The second-order valence-electron chi connectivity index (χ2n) is 8.04. The lowest BCUT2D eigenvalue weighted by molar-refractivity contribution is -0.0605. The summed E-state index contributed by atoms with van der Waals surface area (Å²) in [5.41, 5.74) is 0.979. The van der Waals surface area contributed by atoms with Gasteiger partial charge in [-0.1, -0.05) is 12.1 Å². The highest BCUT2D eigenvalue weighted by Crippen LogP contribution is 2.25. The monoisotopic (exact) mass is 543 g/mol. The highest BCUT2D eigenvalue weighted by atomic mass is 127. The van der Waals surface area contributed by atoms with Crippen LogP contribution in [0.5, 0.6) is 0 Å². The van der Waals surface area contributed by atoms with Gasteiger partial charge in [0.05, 0.1) is 25.5 Å². The molecular formula is C23H31FIN3O3. The van der Waals surface area contributed by atoms with Gasteiger partial charge in [0.25, 0.3) is 0 Å². The molecule has 0 bridgehead atoms. The van der Waals surface area contributed by atoms with Crippen molar-refractivity contribution in [1.29, 1.82) is 0 Å². The number of nitrogens with one attached hydrogen (secondary N) is 1. The Morgan fingerprint density at radius 2 is 2.06 bits per heavy atom. The Morgan fingerprint density at radius 3 is 2.77 bits per heavy atom. The number of ether oxygens (including phenoxy) is 2. The van der Waals surface area contributed by atoms with Crippen molar-refractivity contribution < 1.29 is 18.3 Å². The van der Waals surface area contributed by atoms with Crippen LogP contribution >= 0.6 is 24.0 Å². The van der Waals surface area contributed by atoms with Crippen molar-refractivity contribution in [2.24, 2.45) is 10.9 Å². The second kappa shape index (κ2) is 11.8. The Balaban J connectivity index is 0.00000272. The molecule has 0 aliphatic carbocycles. The van der Waals surface area contributed by atoms with Crippen molar-refractivity contribution >= 4 is 29.9 Å². The molecule has 6 nitrogen and oxygen atoms in total. The topological polar surface area (TPSA) is 59.2 Å². The fourth-order valence-electron chi connectivity index (χ4n) is 3.95. The van der Waals surface area contributed by atoms with Gasteiger partial charge in [-0.25, -0.2) is 4.39 Å². The Hall–Kier alpha value is -1.65. The first kappa shape index (κ1) is 24.0. The summed E-state index contributed by atoms with van der Waals surface area (Å²) >= 11 is 0. The van der Waals surface area contributed by atoms with E-state index in [1.807, 2.05) is 12.1 Å². The molecule has 3 heterocycles. The molecule has 2 aliphatic heterocycles. The molecule has 31 heavy (non-hydrogen) atoms. The SMILES string of the molecule is CC1CN(C(=NCC2CCOC2)NCCc2ccco2)CC(c2ccc(F)cc2)O1.I. The number of morpholine rings is 1. The van der Waals surface area contributed by atoms with Crippen LogP contribution in [0.25, 0.3) is 0 Å². The predicted molar refractivity (Wildman–Crippen MR) is 128 cm³/mol. The number of guanidine groups is 1. The molecule has 1 aromatic carbocycles. The van der Waals surface area contributed by atoms with Gasteiger partial charge in [-0.2, -0.15) is 0 Å². The number of aliphatic imine (C=N–C) groups is 1. The van der Waals surface area contributed by atoms with Gasteiger partial charge in [0.1, 0.15) is 17.7 Å². The van der Waals surface area contributed by atoms with E-state index in [-0.39, 0.29) is 42.0 Å². The summed E-state index contributed by atoms with van der Waals surface area (Å²) in [5.74, 6) is 2.07. The van der Waals surface area contributed by atoms with E-state index in [1.54, 1.807) is 18.4 Å². The van der Waals surface area contributed by atoms with Crippen LogP contribution in [0.1, 0.15) is 30.8 Å². The van der Waals surface area contributed by atoms with Gasteiger partial charge in [0.15, 0.2) is 5.96 Å². The first-order valence-electron chi connectivity index (χ1n) is 10.7. The number of halogens is 2. The number of benzene rings is 1. The zero-order valence-corrected chi connectivity index (χ0v) is 20.2. The van der Waals surface area contributed by atoms with Crippen molar-refractivity contribution in [3.63, 3.8) is 0 Å². The van der Waals surface area contributed by atoms with Crippen LogP contribution in [-0.4, -0.2) is 56.4 Å². The van der Waals surface area contributed by atoms with Gasteiger partial charge in [-0.3, -0.25) is 4.99 Å². The fourth-order valence-corrected chi connectivity index (χ4v) is 3.95. The molecule has 8 heteroatoms. The number of hydrogen-bond acceptors (Lipinski definition) is 4. The Labute approximate surface area is 200 Å². The molecule has 2 aromatic rings. The van der Waals surface area contributed by atoms with Crippen molar-refractivity contribution in [3.05, 3.63) is 59.8 Å². The third-order valence-electron chi connectivity index (χ3n) is 5.56. The number of nitrogens with zero attached hydrogens (tertiary/aromatic N) is 2. The maximum Gasteiger partial charge on any atom is 0.194 e. The molecule has 4 rings (SSSR count). The minimum Gasteiger partial charge on any atom is -0.469 e. The standard InChI is InChI=1S/C23H30FN3O3.HI/c1-17-14-27(15-22(30-17)19-4-6-20(24)7-5-19)23(26-13-18-9-12-28-16-18)25-10-8-21-3-2-11-29-21;/h2-7,11,17-18,22H,8-10,12-16H2,1H3,(H,25,26);1H. The summed E-state index contributed by atoms with van der Waals surface area (Å²) < 4.78 is 30.4. The van der Waals surface area contributed by atoms with Gasteiger partial charge < -0.3 is 24.1 Å². The lowest BCUT2D eigenvalue weighted by Crippen LogP contribution is -2.51. The minimum absolute atomic E-state index is 0. The highest BCUT2D eigenvalue weighted by Gasteiger charge is 2.29. The van der Waals surface area contributed by atoms with E-state index in [1.165, 1.54) is 12.1 Å². The molecule has 3 atom stereocenters. The summed E-state index contributed by atoms with van der Waals surface area (Å²) in [6, 6.07) is 10.5. The molecule has 0 saturated carbocycles. The summed E-state index contributed by atoms with van der Waals surface area (Å²) in [6.45, 7) is 6.57. The largest absolute Gasteiger partial charge is 0.469 e. The summed E-state index contributed by atoms with van der Waals surface area (Å²) in [7, 11) is 0. The lowest BCUT2D eigenvalue weighted by atomic mass is 10.1.